The molecule has 1 fully saturated rings. The molecule has 1 amide bonds. The Morgan fingerprint density at radius 1 is 1.36 bits per heavy atom. The summed E-state index contributed by atoms with van der Waals surface area (Å²) < 4.78 is 5.38. The number of nitrogens with two attached hydrogens (primary N) is 1. The normalized spacial score (nSPS) is 16.3. The number of carbonyl (C=O) groups excluding carboxylic acids is 1. The zero-order valence-electron chi connectivity index (χ0n) is 13.2. The van der Waals surface area contributed by atoms with E-state index in [-0.39, 0.29) is 16.7 Å². The maximum atomic E-state index is 12.1. The van der Waals surface area contributed by atoms with Gasteiger partial charge in [-0.05, 0) is 69.9 Å². The molecule has 0 aliphatic heterocycles. The number of nitrogens with one attached hydrogen (secondary N) is 2. The van der Waals surface area contributed by atoms with E-state index in [2.05, 4.69) is 10.6 Å². The van der Waals surface area contributed by atoms with Gasteiger partial charge < -0.3 is 21.1 Å². The molecular weight excluding hydrogens is 298 g/mol. The molecule has 1 saturated carbocycles. The molecule has 2 rings (SSSR count). The molecule has 0 aromatic heterocycles. The maximum absolute atomic E-state index is 12.1. The lowest BCUT2D eigenvalue weighted by atomic mass is 9.72. The summed E-state index contributed by atoms with van der Waals surface area (Å²) in [5.41, 5.74) is 6.49. The number of hydrogen-bond donors (Lipinski definition) is 3. The molecular formula is C16H23N3O2S. The van der Waals surface area contributed by atoms with Crippen LogP contribution in [0.15, 0.2) is 24.3 Å². The lowest BCUT2D eigenvalue weighted by molar-refractivity contribution is 0.0377. The van der Waals surface area contributed by atoms with Crippen LogP contribution in [0.25, 0.3) is 0 Å². The van der Waals surface area contributed by atoms with E-state index in [1.807, 2.05) is 45.0 Å². The van der Waals surface area contributed by atoms with Crippen LogP contribution in [0.2, 0.25) is 0 Å². The third kappa shape index (κ3) is 4.10. The molecule has 0 spiro atoms. The van der Waals surface area contributed by atoms with E-state index in [1.165, 1.54) is 0 Å². The van der Waals surface area contributed by atoms with Gasteiger partial charge >= 0.3 is 6.09 Å². The quantitative estimate of drug-likeness (QED) is 0.745. The Bertz CT molecular complexity index is 577. The first kappa shape index (κ1) is 16.5. The second-order valence-electron chi connectivity index (χ2n) is 6.63. The number of hydrogen-bond acceptors (Lipinski definition) is 3. The summed E-state index contributed by atoms with van der Waals surface area (Å²) in [4.78, 5) is 12.1. The van der Waals surface area contributed by atoms with Crippen molar-refractivity contribution in [1.29, 1.82) is 0 Å². The predicted octanol–water partition coefficient (Wildman–Crippen LogP) is 3.25. The minimum atomic E-state index is -0.510. The summed E-state index contributed by atoms with van der Waals surface area (Å²) in [7, 11) is 0. The van der Waals surface area contributed by atoms with Gasteiger partial charge in [0, 0.05) is 5.69 Å². The van der Waals surface area contributed by atoms with E-state index in [1.54, 1.807) is 0 Å². The fourth-order valence-corrected chi connectivity index (χ4v) is 2.67. The van der Waals surface area contributed by atoms with Gasteiger partial charge in [0.25, 0.3) is 0 Å². The van der Waals surface area contributed by atoms with Gasteiger partial charge in [-0.15, -0.1) is 0 Å². The molecule has 6 heteroatoms. The molecule has 0 heterocycles. The number of rotatable bonds is 3. The van der Waals surface area contributed by atoms with Crippen LogP contribution < -0.4 is 16.4 Å². The van der Waals surface area contributed by atoms with E-state index in [4.69, 9.17) is 22.7 Å². The molecule has 0 atom stereocenters. The molecule has 1 aromatic rings. The van der Waals surface area contributed by atoms with Crippen molar-refractivity contribution in [2.75, 3.05) is 5.32 Å². The van der Waals surface area contributed by atoms with E-state index in [0.717, 1.165) is 30.5 Å². The second kappa shape index (κ2) is 6.12. The van der Waals surface area contributed by atoms with E-state index >= 15 is 0 Å². The molecule has 0 bridgehead atoms. The van der Waals surface area contributed by atoms with Gasteiger partial charge in [0.2, 0.25) is 0 Å². The standard InChI is InChI=1S/C16H23N3O2S/c1-15(2,3)21-14(20)19-16(8-5-9-16)11-6-4-7-12(10-11)18-13(17)22/h4,6-7,10H,5,8-9H2,1-3H3,(H,19,20)(H3,17,18,22). The predicted molar refractivity (Wildman–Crippen MR) is 91.7 cm³/mol. The highest BCUT2D eigenvalue weighted by atomic mass is 32.1. The minimum Gasteiger partial charge on any atom is -0.444 e. The molecule has 0 unspecified atom stereocenters. The van der Waals surface area contributed by atoms with Crippen LogP contribution in [0.3, 0.4) is 0 Å². The number of amides is 1. The smallest absolute Gasteiger partial charge is 0.408 e. The number of carbonyl (C=O) groups is 1. The number of benzene rings is 1. The second-order valence-corrected chi connectivity index (χ2v) is 7.07. The minimum absolute atomic E-state index is 0.222. The van der Waals surface area contributed by atoms with Crippen molar-refractivity contribution in [1.82, 2.24) is 5.32 Å². The molecule has 0 radical (unpaired) electrons. The van der Waals surface area contributed by atoms with Crippen molar-refractivity contribution >= 4 is 29.1 Å². The van der Waals surface area contributed by atoms with Crippen LogP contribution in [0.4, 0.5) is 10.5 Å². The third-order valence-electron chi connectivity index (χ3n) is 3.63. The van der Waals surface area contributed by atoms with E-state index < -0.39 is 5.60 Å². The van der Waals surface area contributed by atoms with Gasteiger partial charge in [0.05, 0.1) is 5.54 Å². The van der Waals surface area contributed by atoms with Crippen molar-refractivity contribution in [2.45, 2.75) is 51.2 Å². The zero-order chi connectivity index (χ0) is 16.4. The summed E-state index contributed by atoms with van der Waals surface area (Å²) in [5.74, 6) is 0. The first-order valence-corrected chi connectivity index (χ1v) is 7.79. The number of thiocarbonyl (C=S) groups is 1. The van der Waals surface area contributed by atoms with Crippen molar-refractivity contribution in [3.63, 3.8) is 0 Å². The average Bonchev–Trinajstić information content (AvgIpc) is 2.31. The van der Waals surface area contributed by atoms with Crippen LogP contribution in [0.1, 0.15) is 45.6 Å². The van der Waals surface area contributed by atoms with Crippen LogP contribution in [-0.4, -0.2) is 16.8 Å². The van der Waals surface area contributed by atoms with Gasteiger partial charge in [-0.25, -0.2) is 4.79 Å². The van der Waals surface area contributed by atoms with Crippen molar-refractivity contribution in [3.05, 3.63) is 29.8 Å². The fraction of sp³-hybridized carbons (Fsp3) is 0.500. The molecule has 22 heavy (non-hydrogen) atoms. The topological polar surface area (TPSA) is 76.4 Å². The first-order valence-electron chi connectivity index (χ1n) is 7.38. The molecule has 0 saturated heterocycles. The fourth-order valence-electron chi connectivity index (χ4n) is 2.55. The lowest BCUT2D eigenvalue weighted by Crippen LogP contribution is -2.52. The summed E-state index contributed by atoms with van der Waals surface area (Å²) in [6.07, 6.45) is 2.47. The highest BCUT2D eigenvalue weighted by Gasteiger charge is 2.41. The molecule has 1 aliphatic rings. The Kier molecular flexibility index (Phi) is 4.60. The van der Waals surface area contributed by atoms with Crippen LogP contribution >= 0.6 is 12.2 Å². The summed E-state index contributed by atoms with van der Waals surface area (Å²) in [5, 5.41) is 6.17. The highest BCUT2D eigenvalue weighted by molar-refractivity contribution is 7.80. The third-order valence-corrected chi connectivity index (χ3v) is 3.73. The Morgan fingerprint density at radius 3 is 2.55 bits per heavy atom. The Labute approximate surface area is 136 Å². The van der Waals surface area contributed by atoms with Gasteiger partial charge in [-0.3, -0.25) is 0 Å². The zero-order valence-corrected chi connectivity index (χ0v) is 14.0. The summed E-state index contributed by atoms with van der Waals surface area (Å²) in [6.45, 7) is 5.56. The lowest BCUT2D eigenvalue weighted by Gasteiger charge is -2.43. The molecule has 1 aliphatic carbocycles. The van der Waals surface area contributed by atoms with Gasteiger partial charge in [-0.1, -0.05) is 12.1 Å². The first-order chi connectivity index (χ1) is 10.2. The van der Waals surface area contributed by atoms with E-state index in [9.17, 15) is 4.79 Å². The SMILES string of the molecule is CC(C)(C)OC(=O)NC1(c2cccc(NC(N)=S)c2)CCC1. The Hall–Kier alpha value is -1.82. The van der Waals surface area contributed by atoms with Gasteiger partial charge in [0.15, 0.2) is 5.11 Å². The van der Waals surface area contributed by atoms with Crippen molar-refractivity contribution in [2.24, 2.45) is 5.73 Å². The Morgan fingerprint density at radius 2 is 2.05 bits per heavy atom. The van der Waals surface area contributed by atoms with Crippen LogP contribution in [0.5, 0.6) is 0 Å². The van der Waals surface area contributed by atoms with E-state index in [0.29, 0.717) is 0 Å². The number of anilines is 1. The molecule has 1 aromatic carbocycles. The largest absolute Gasteiger partial charge is 0.444 e. The summed E-state index contributed by atoms with van der Waals surface area (Å²) in [6, 6.07) is 7.78. The van der Waals surface area contributed by atoms with Crippen LogP contribution in [0, 0.1) is 0 Å². The average molecular weight is 321 g/mol. The van der Waals surface area contributed by atoms with Crippen molar-refractivity contribution < 1.29 is 9.53 Å². The molecule has 120 valence electrons. The molecule has 5 nitrogen and oxygen atoms in total. The van der Waals surface area contributed by atoms with Crippen LogP contribution in [-0.2, 0) is 10.3 Å². The van der Waals surface area contributed by atoms with Gasteiger partial charge in [-0.2, -0.15) is 0 Å². The monoisotopic (exact) mass is 321 g/mol. The number of alkyl carbamates (subject to hydrolysis) is 1. The highest BCUT2D eigenvalue weighted by Crippen LogP contribution is 2.42. The maximum Gasteiger partial charge on any atom is 0.408 e. The van der Waals surface area contributed by atoms with Gasteiger partial charge in [0.1, 0.15) is 5.60 Å². The van der Waals surface area contributed by atoms with Crippen molar-refractivity contribution in [3.8, 4) is 0 Å². The number of ether oxygens (including phenoxy) is 1. The molecule has 4 N–H and O–H groups in total. The summed E-state index contributed by atoms with van der Waals surface area (Å²) >= 11 is 4.86. The Balaban J connectivity index is 2.16.